The number of rotatable bonds is 26. The van der Waals surface area contributed by atoms with Gasteiger partial charge in [-0.05, 0) is 79.6 Å². The second-order valence-corrected chi connectivity index (χ2v) is 19.2. The highest BCUT2D eigenvalue weighted by Gasteiger charge is 2.39. The molecule has 77 heavy (non-hydrogen) atoms. The number of hydroxylamine groups is 2. The van der Waals surface area contributed by atoms with Crippen LogP contribution in [0.5, 0.6) is 0 Å². The summed E-state index contributed by atoms with van der Waals surface area (Å²) in [6.45, 7) is 6.56. The molecule has 2 aromatic heterocycles. The number of aliphatic hydroxyl groups is 1. The molecule has 0 bridgehead atoms. The molecule has 0 radical (unpaired) electrons. The van der Waals surface area contributed by atoms with Crippen LogP contribution < -0.4 is 32.3 Å². The normalized spacial score (nSPS) is 14.1. The van der Waals surface area contributed by atoms with Crippen LogP contribution in [-0.2, 0) is 65.7 Å². The fraction of sp³-hybridized carbons (Fsp3) is 0.377. The van der Waals surface area contributed by atoms with E-state index in [9.17, 15) is 57.4 Å². The third-order valence-electron chi connectivity index (χ3n) is 12.0. The van der Waals surface area contributed by atoms with Crippen molar-refractivity contribution in [3.8, 4) is 11.1 Å². The maximum Gasteiger partial charge on any atom is 0.333 e. The fourth-order valence-corrected chi connectivity index (χ4v) is 8.26. The fourth-order valence-electron chi connectivity index (χ4n) is 8.26. The summed E-state index contributed by atoms with van der Waals surface area (Å²) in [4.78, 5) is 140. The number of pyridine rings is 1. The van der Waals surface area contributed by atoms with Gasteiger partial charge in [-0.25, -0.2) is 13.6 Å². The second kappa shape index (κ2) is 27.2. The lowest BCUT2D eigenvalue weighted by molar-refractivity contribution is -0.196. The van der Waals surface area contributed by atoms with Crippen LogP contribution in [-0.4, -0.2) is 128 Å². The molecule has 410 valence electrons. The van der Waals surface area contributed by atoms with Crippen molar-refractivity contribution in [2.45, 2.75) is 103 Å². The highest BCUT2D eigenvalue weighted by molar-refractivity contribution is 6.12. The second-order valence-electron chi connectivity index (χ2n) is 19.2. The summed E-state index contributed by atoms with van der Waals surface area (Å²) < 4.78 is 31.8. The Hall–Kier alpha value is -8.67. The topological polar surface area (TPSA) is 311 Å². The molecule has 24 heteroatoms. The van der Waals surface area contributed by atoms with E-state index in [1.165, 1.54) is 31.1 Å². The molecule has 0 spiro atoms. The number of primary amides is 1. The Balaban J connectivity index is 1.41. The van der Waals surface area contributed by atoms with E-state index in [0.29, 0.717) is 11.3 Å². The van der Waals surface area contributed by atoms with E-state index in [1.54, 1.807) is 49.7 Å². The van der Waals surface area contributed by atoms with Crippen LogP contribution >= 0.6 is 0 Å². The van der Waals surface area contributed by atoms with Gasteiger partial charge in [0.15, 0.2) is 0 Å². The van der Waals surface area contributed by atoms with Crippen molar-refractivity contribution in [3.05, 3.63) is 126 Å². The maximum atomic E-state index is 15.4. The van der Waals surface area contributed by atoms with E-state index in [4.69, 9.17) is 10.6 Å². The number of amides is 9. The first kappa shape index (κ1) is 59.2. The molecular formula is C53H62F2N10O12. The summed E-state index contributed by atoms with van der Waals surface area (Å²) in [5.74, 6) is -10.3. The number of nitrogens with one attached hydrogen (secondary N) is 5. The lowest BCUT2D eigenvalue weighted by Crippen LogP contribution is -2.58. The van der Waals surface area contributed by atoms with E-state index >= 15 is 4.39 Å². The van der Waals surface area contributed by atoms with E-state index in [0.717, 1.165) is 35.9 Å². The first-order chi connectivity index (χ1) is 36.4. The molecular weight excluding hydrogens is 1010 g/mol. The number of imide groups is 1. The lowest BCUT2D eigenvalue weighted by atomic mass is 9.82. The summed E-state index contributed by atoms with van der Waals surface area (Å²) >= 11 is 0. The molecule has 4 aromatic rings. The standard InChI is InChI=1S/C53H62F2N10O12/c1-31(59-43(68)24-33-17-21-57-22-18-33)49(73)60-32(2)50(74)62-40(27-42(56)67)52(76)61-39(51(75)58-20-9-12-47(72)77-65-44(69)15-16-45(65)70)19-23-64(46(71)30-66)48(53(3,4)5)41-25-35(37-26-36(54)13-14-38(37)55)29-63(41)28-34-10-7-6-8-11-34/h6-8,10-11,13-18,21-22,25-26,29,31-32,39-40,48,66H,9,12,19-20,23-24,27-28,30H2,1-5H3,(H2,56,67)(H,58,75)(H,59,68)(H,60,73)(H,61,76)(H,62,74)/t31-,32-,39-,40-,48-/m0/s1. The Morgan fingerprint density at radius 2 is 1.43 bits per heavy atom. The predicted molar refractivity (Wildman–Crippen MR) is 271 cm³/mol. The number of benzene rings is 2. The highest BCUT2D eigenvalue weighted by atomic mass is 19.1. The van der Waals surface area contributed by atoms with E-state index in [2.05, 4.69) is 31.6 Å². The van der Waals surface area contributed by atoms with Gasteiger partial charge in [0.1, 0.15) is 42.4 Å². The van der Waals surface area contributed by atoms with E-state index in [1.807, 2.05) is 30.3 Å². The van der Waals surface area contributed by atoms with Gasteiger partial charge in [0.05, 0.1) is 18.9 Å². The minimum Gasteiger partial charge on any atom is -0.387 e. The zero-order valence-electron chi connectivity index (χ0n) is 43.0. The van der Waals surface area contributed by atoms with Crippen molar-refractivity contribution in [2.24, 2.45) is 11.1 Å². The van der Waals surface area contributed by atoms with Crippen molar-refractivity contribution in [3.63, 3.8) is 0 Å². The zero-order valence-corrected chi connectivity index (χ0v) is 43.0. The molecule has 0 aliphatic carbocycles. The molecule has 5 atom stereocenters. The number of aliphatic hydroxyl groups excluding tert-OH is 1. The van der Waals surface area contributed by atoms with E-state index in [-0.39, 0.29) is 48.7 Å². The van der Waals surface area contributed by atoms with E-state index < -0.39 is 132 Å². The van der Waals surface area contributed by atoms with Crippen molar-refractivity contribution < 1.29 is 66.7 Å². The average Bonchev–Trinajstić information content (AvgIpc) is 3.93. The number of halogens is 2. The molecule has 0 saturated heterocycles. The van der Waals surface area contributed by atoms with Gasteiger partial charge < -0.3 is 51.7 Å². The van der Waals surface area contributed by atoms with Gasteiger partial charge >= 0.3 is 5.97 Å². The molecule has 1 aliphatic rings. The molecule has 0 fully saturated rings. The quantitative estimate of drug-likeness (QED) is 0.0347. The Morgan fingerprint density at radius 3 is 2.06 bits per heavy atom. The van der Waals surface area contributed by atoms with Gasteiger partial charge in [-0.1, -0.05) is 56.2 Å². The van der Waals surface area contributed by atoms with Gasteiger partial charge in [-0.2, -0.15) is 0 Å². The van der Waals surface area contributed by atoms with Crippen molar-refractivity contribution in [2.75, 3.05) is 19.7 Å². The number of nitrogens with two attached hydrogens (primary N) is 1. The third-order valence-corrected chi connectivity index (χ3v) is 12.0. The smallest absolute Gasteiger partial charge is 0.333 e. The molecule has 1 aliphatic heterocycles. The largest absolute Gasteiger partial charge is 0.387 e. The Bertz CT molecular complexity index is 2840. The monoisotopic (exact) mass is 1070 g/mol. The van der Waals surface area contributed by atoms with Crippen molar-refractivity contribution in [1.29, 1.82) is 0 Å². The van der Waals surface area contributed by atoms with Gasteiger partial charge in [-0.15, -0.1) is 0 Å². The van der Waals surface area contributed by atoms with Crippen LogP contribution in [0.3, 0.4) is 0 Å². The maximum absolute atomic E-state index is 15.4. The molecule has 0 saturated carbocycles. The predicted octanol–water partition coefficient (Wildman–Crippen LogP) is 1.55. The first-order valence-electron chi connectivity index (χ1n) is 24.5. The Kier molecular flexibility index (Phi) is 20.9. The number of hydrogen-bond donors (Lipinski definition) is 7. The van der Waals surface area contributed by atoms with Crippen LogP contribution in [0, 0.1) is 17.0 Å². The first-order valence-corrected chi connectivity index (χ1v) is 24.5. The summed E-state index contributed by atoms with van der Waals surface area (Å²) in [5, 5.41) is 23.1. The SMILES string of the molecule is C[C@H](NC(=O)Cc1ccncc1)C(=O)N[C@@H](C)C(=O)N[C@@H](CC(N)=O)C(=O)N[C@@H](CCN(C(=O)CO)[C@@H](c1cc(-c2cc(F)ccc2F)cn1Cc1ccccc1)C(C)(C)C)C(=O)NCCCC(=O)ON1C(=O)C=CC1=O. The highest BCUT2D eigenvalue weighted by Crippen LogP contribution is 2.41. The van der Waals surface area contributed by atoms with Crippen molar-refractivity contribution >= 4 is 59.1 Å². The molecule has 0 unspecified atom stereocenters. The van der Waals surface area contributed by atoms with Gasteiger partial charge in [-0.3, -0.25) is 48.1 Å². The number of nitrogens with zero attached hydrogens (tertiary/aromatic N) is 4. The zero-order chi connectivity index (χ0) is 56.6. The summed E-state index contributed by atoms with van der Waals surface area (Å²) in [6, 6.07) is 10.1. The third kappa shape index (κ3) is 17.2. The van der Waals surface area contributed by atoms with Gasteiger partial charge in [0.25, 0.3) is 11.8 Å². The molecule has 22 nitrogen and oxygen atoms in total. The summed E-state index contributed by atoms with van der Waals surface area (Å²) in [7, 11) is 0. The molecule has 2 aromatic carbocycles. The minimum absolute atomic E-state index is 0.0614. The van der Waals surface area contributed by atoms with Crippen LogP contribution in [0.4, 0.5) is 8.78 Å². The summed E-state index contributed by atoms with van der Waals surface area (Å²) in [6.07, 6.45) is 4.63. The number of aromatic nitrogens is 2. The number of carbonyl (C=O) groups is 10. The number of carbonyl (C=O) groups excluding carboxylic acids is 10. The van der Waals surface area contributed by atoms with Gasteiger partial charge in [0.2, 0.25) is 41.4 Å². The Labute approximate surface area is 442 Å². The summed E-state index contributed by atoms with van der Waals surface area (Å²) in [5.41, 5.74) is 6.64. The van der Waals surface area contributed by atoms with Crippen LogP contribution in [0.2, 0.25) is 0 Å². The molecule has 9 amide bonds. The molecule has 5 rings (SSSR count). The Morgan fingerprint density at radius 1 is 0.792 bits per heavy atom. The van der Waals surface area contributed by atoms with Gasteiger partial charge in [0, 0.05) is 73.6 Å². The lowest BCUT2D eigenvalue weighted by Gasteiger charge is -2.41. The molecule has 8 N–H and O–H groups in total. The average molecular weight is 1070 g/mol. The minimum atomic E-state index is -1.76. The number of hydrogen-bond acceptors (Lipinski definition) is 13. The van der Waals surface area contributed by atoms with Crippen LogP contribution in [0.1, 0.15) is 83.2 Å². The molecule has 3 heterocycles. The van der Waals surface area contributed by atoms with Crippen LogP contribution in [0.25, 0.3) is 11.1 Å². The van der Waals surface area contributed by atoms with Crippen molar-refractivity contribution in [1.82, 2.24) is 46.1 Å². The van der Waals surface area contributed by atoms with Crippen LogP contribution in [0.15, 0.2) is 97.5 Å².